The lowest BCUT2D eigenvalue weighted by atomic mass is 9.91. The maximum Gasteiger partial charge on any atom is 0.0320 e. The Morgan fingerprint density at radius 1 is 1.21 bits per heavy atom. The summed E-state index contributed by atoms with van der Waals surface area (Å²) in [7, 11) is 0. The van der Waals surface area contributed by atoms with Crippen LogP contribution < -0.4 is 5.32 Å². The molecule has 1 heteroatoms. The zero-order chi connectivity index (χ0) is 13.9. The molecule has 2 rings (SSSR count). The molecule has 1 fully saturated rings. The van der Waals surface area contributed by atoms with Crippen molar-refractivity contribution in [1.82, 2.24) is 5.32 Å². The van der Waals surface area contributed by atoms with Gasteiger partial charge in [-0.05, 0) is 48.6 Å². The first kappa shape index (κ1) is 14.6. The molecular formula is C18H29N. The maximum absolute atomic E-state index is 3.88. The molecule has 2 atom stereocenters. The van der Waals surface area contributed by atoms with E-state index in [1.165, 1.54) is 36.8 Å². The Morgan fingerprint density at radius 2 is 1.89 bits per heavy atom. The van der Waals surface area contributed by atoms with Crippen molar-refractivity contribution in [1.29, 1.82) is 0 Å². The fraction of sp³-hybridized carbons (Fsp3) is 0.667. The van der Waals surface area contributed by atoms with Crippen LogP contribution in [0, 0.1) is 5.41 Å². The summed E-state index contributed by atoms with van der Waals surface area (Å²) in [6.45, 7) is 9.29. The SMILES string of the molecule is CCc1ccc(C(CC)NC2CCC(C)(C)C2)cc1. The number of benzene rings is 1. The number of hydrogen-bond acceptors (Lipinski definition) is 1. The molecule has 106 valence electrons. The van der Waals surface area contributed by atoms with Gasteiger partial charge in [-0.25, -0.2) is 0 Å². The van der Waals surface area contributed by atoms with E-state index in [1.54, 1.807) is 0 Å². The molecule has 1 aliphatic carbocycles. The third-order valence-electron chi connectivity index (χ3n) is 4.60. The highest BCUT2D eigenvalue weighted by Crippen LogP contribution is 2.38. The van der Waals surface area contributed by atoms with Crippen molar-refractivity contribution in [2.45, 2.75) is 71.9 Å². The van der Waals surface area contributed by atoms with Gasteiger partial charge in [0.25, 0.3) is 0 Å². The van der Waals surface area contributed by atoms with E-state index >= 15 is 0 Å². The molecule has 0 radical (unpaired) electrons. The molecule has 1 N–H and O–H groups in total. The van der Waals surface area contributed by atoms with Crippen LogP contribution in [0.3, 0.4) is 0 Å². The summed E-state index contributed by atoms with van der Waals surface area (Å²) in [5.41, 5.74) is 3.41. The Morgan fingerprint density at radius 3 is 2.37 bits per heavy atom. The second-order valence-electron chi connectivity index (χ2n) is 6.83. The molecule has 0 amide bonds. The first-order valence-electron chi connectivity index (χ1n) is 7.89. The fourth-order valence-corrected chi connectivity index (χ4v) is 3.30. The summed E-state index contributed by atoms with van der Waals surface area (Å²) >= 11 is 0. The Labute approximate surface area is 118 Å². The van der Waals surface area contributed by atoms with Gasteiger partial charge < -0.3 is 5.32 Å². The number of rotatable bonds is 5. The van der Waals surface area contributed by atoms with Crippen LogP contribution in [0.4, 0.5) is 0 Å². The van der Waals surface area contributed by atoms with Gasteiger partial charge in [0, 0.05) is 12.1 Å². The highest BCUT2D eigenvalue weighted by atomic mass is 15.0. The van der Waals surface area contributed by atoms with E-state index in [1.807, 2.05) is 0 Å². The van der Waals surface area contributed by atoms with Gasteiger partial charge in [0.05, 0.1) is 0 Å². The molecule has 2 unspecified atom stereocenters. The van der Waals surface area contributed by atoms with Crippen molar-refractivity contribution in [3.05, 3.63) is 35.4 Å². The van der Waals surface area contributed by atoms with E-state index in [0.717, 1.165) is 6.42 Å². The van der Waals surface area contributed by atoms with Crippen LogP contribution in [0.2, 0.25) is 0 Å². The maximum atomic E-state index is 3.88. The van der Waals surface area contributed by atoms with Gasteiger partial charge in [-0.2, -0.15) is 0 Å². The molecule has 0 heterocycles. The van der Waals surface area contributed by atoms with Crippen molar-refractivity contribution in [2.24, 2.45) is 5.41 Å². The van der Waals surface area contributed by atoms with E-state index in [2.05, 4.69) is 57.3 Å². The summed E-state index contributed by atoms with van der Waals surface area (Å²) in [4.78, 5) is 0. The van der Waals surface area contributed by atoms with Gasteiger partial charge in [0.15, 0.2) is 0 Å². The van der Waals surface area contributed by atoms with Crippen molar-refractivity contribution < 1.29 is 0 Å². The lowest BCUT2D eigenvalue weighted by Gasteiger charge is -2.24. The molecule has 1 aliphatic rings. The standard InChI is InChI=1S/C18H29N/c1-5-14-7-9-15(10-8-14)17(6-2)19-16-11-12-18(3,4)13-16/h7-10,16-17,19H,5-6,11-13H2,1-4H3. The Kier molecular flexibility index (Phi) is 4.67. The van der Waals surface area contributed by atoms with Crippen molar-refractivity contribution in [3.63, 3.8) is 0 Å². The van der Waals surface area contributed by atoms with Crippen molar-refractivity contribution in [3.8, 4) is 0 Å². The topological polar surface area (TPSA) is 12.0 Å². The molecule has 0 bridgehead atoms. The number of nitrogens with one attached hydrogen (secondary N) is 1. The van der Waals surface area contributed by atoms with Gasteiger partial charge in [0.1, 0.15) is 0 Å². The van der Waals surface area contributed by atoms with E-state index in [0.29, 0.717) is 17.5 Å². The van der Waals surface area contributed by atoms with Crippen LogP contribution in [0.25, 0.3) is 0 Å². The van der Waals surface area contributed by atoms with Crippen LogP contribution in [0.15, 0.2) is 24.3 Å². The average molecular weight is 259 g/mol. The second kappa shape index (κ2) is 6.09. The van der Waals surface area contributed by atoms with Gasteiger partial charge >= 0.3 is 0 Å². The highest BCUT2D eigenvalue weighted by molar-refractivity contribution is 5.25. The summed E-state index contributed by atoms with van der Waals surface area (Å²) in [5, 5.41) is 3.88. The molecule has 0 saturated heterocycles. The molecule has 0 aromatic heterocycles. The van der Waals surface area contributed by atoms with Crippen LogP contribution in [-0.2, 0) is 6.42 Å². The molecule has 0 aliphatic heterocycles. The van der Waals surface area contributed by atoms with Crippen LogP contribution in [0.5, 0.6) is 0 Å². The number of hydrogen-bond donors (Lipinski definition) is 1. The van der Waals surface area contributed by atoms with Gasteiger partial charge in [0.2, 0.25) is 0 Å². The monoisotopic (exact) mass is 259 g/mol. The Balaban J connectivity index is 1.99. The molecule has 19 heavy (non-hydrogen) atoms. The van der Waals surface area contributed by atoms with Gasteiger partial charge in [-0.15, -0.1) is 0 Å². The molecule has 1 aromatic carbocycles. The summed E-state index contributed by atoms with van der Waals surface area (Å²) in [5.74, 6) is 0. The lowest BCUT2D eigenvalue weighted by Crippen LogP contribution is -2.31. The summed E-state index contributed by atoms with van der Waals surface area (Å²) in [6, 6.07) is 10.4. The Hall–Kier alpha value is -0.820. The molecule has 1 saturated carbocycles. The van der Waals surface area contributed by atoms with Crippen LogP contribution in [0.1, 0.15) is 70.5 Å². The first-order chi connectivity index (χ1) is 9.04. The summed E-state index contributed by atoms with van der Waals surface area (Å²) in [6.07, 6.45) is 6.30. The van der Waals surface area contributed by atoms with E-state index < -0.39 is 0 Å². The van der Waals surface area contributed by atoms with E-state index in [-0.39, 0.29) is 0 Å². The predicted octanol–water partition coefficient (Wildman–Crippen LogP) is 4.87. The largest absolute Gasteiger partial charge is 0.307 e. The minimum atomic E-state index is 0.518. The zero-order valence-corrected chi connectivity index (χ0v) is 13.0. The molecule has 0 spiro atoms. The van der Waals surface area contributed by atoms with E-state index in [9.17, 15) is 0 Å². The van der Waals surface area contributed by atoms with E-state index in [4.69, 9.17) is 0 Å². The van der Waals surface area contributed by atoms with Crippen LogP contribution >= 0.6 is 0 Å². The lowest BCUT2D eigenvalue weighted by molar-refractivity contribution is 0.350. The molecule has 1 aromatic rings. The van der Waals surface area contributed by atoms with Crippen molar-refractivity contribution >= 4 is 0 Å². The zero-order valence-electron chi connectivity index (χ0n) is 13.0. The van der Waals surface area contributed by atoms with Gasteiger partial charge in [-0.1, -0.05) is 52.0 Å². The first-order valence-corrected chi connectivity index (χ1v) is 7.89. The molecule has 1 nitrogen and oxygen atoms in total. The predicted molar refractivity (Wildman–Crippen MR) is 83.4 cm³/mol. The average Bonchev–Trinajstić information content (AvgIpc) is 2.75. The Bertz CT molecular complexity index is 391. The van der Waals surface area contributed by atoms with Crippen LogP contribution in [-0.4, -0.2) is 6.04 Å². The quantitative estimate of drug-likeness (QED) is 0.795. The fourth-order valence-electron chi connectivity index (χ4n) is 3.30. The smallest absolute Gasteiger partial charge is 0.0320 e. The normalized spacial score (nSPS) is 23.5. The third kappa shape index (κ3) is 3.82. The minimum absolute atomic E-state index is 0.518. The molecular weight excluding hydrogens is 230 g/mol. The highest BCUT2D eigenvalue weighted by Gasteiger charge is 2.31. The summed E-state index contributed by atoms with van der Waals surface area (Å²) < 4.78 is 0. The van der Waals surface area contributed by atoms with Gasteiger partial charge in [-0.3, -0.25) is 0 Å². The number of aryl methyl sites for hydroxylation is 1. The van der Waals surface area contributed by atoms with Crippen molar-refractivity contribution in [2.75, 3.05) is 0 Å². The third-order valence-corrected chi connectivity index (χ3v) is 4.60. The minimum Gasteiger partial charge on any atom is -0.307 e. The second-order valence-corrected chi connectivity index (χ2v) is 6.83.